The molecule has 1 rings (SSSR count). The van der Waals surface area contributed by atoms with Crippen LogP contribution in [0.3, 0.4) is 0 Å². The molecule has 1 aliphatic heterocycles. The quantitative estimate of drug-likeness (QED) is 0.668. The van der Waals surface area contributed by atoms with Crippen molar-refractivity contribution in [1.82, 2.24) is 10.2 Å². The van der Waals surface area contributed by atoms with Crippen LogP contribution in [0.2, 0.25) is 0 Å². The van der Waals surface area contributed by atoms with Gasteiger partial charge in [-0.1, -0.05) is 46.0 Å². The summed E-state index contributed by atoms with van der Waals surface area (Å²) < 4.78 is 0. The molecule has 1 N–H and O–H groups in total. The van der Waals surface area contributed by atoms with Crippen molar-refractivity contribution in [3.8, 4) is 0 Å². The van der Waals surface area contributed by atoms with Crippen LogP contribution in [0.5, 0.6) is 0 Å². The van der Waals surface area contributed by atoms with Gasteiger partial charge < -0.3 is 10.2 Å². The Bertz CT molecular complexity index is 237. The molecule has 0 aromatic rings. The van der Waals surface area contributed by atoms with E-state index < -0.39 is 0 Å². The Morgan fingerprint density at radius 1 is 1.11 bits per heavy atom. The van der Waals surface area contributed by atoms with Crippen molar-refractivity contribution in [1.29, 1.82) is 0 Å². The van der Waals surface area contributed by atoms with Gasteiger partial charge in [-0.25, -0.2) is 0 Å². The maximum atomic E-state index is 3.81. The van der Waals surface area contributed by atoms with E-state index in [4.69, 9.17) is 0 Å². The van der Waals surface area contributed by atoms with Gasteiger partial charge in [0.15, 0.2) is 0 Å². The topological polar surface area (TPSA) is 15.3 Å². The third kappa shape index (κ3) is 5.07. The zero-order valence-electron chi connectivity index (χ0n) is 14.0. The van der Waals surface area contributed by atoms with Gasteiger partial charge in [-0.3, -0.25) is 0 Å². The maximum absolute atomic E-state index is 3.81. The van der Waals surface area contributed by atoms with Crippen LogP contribution in [0.4, 0.5) is 0 Å². The highest BCUT2D eigenvalue weighted by molar-refractivity contribution is 4.96. The van der Waals surface area contributed by atoms with E-state index >= 15 is 0 Å². The minimum Gasteiger partial charge on any atom is -0.314 e. The lowest BCUT2D eigenvalue weighted by Crippen LogP contribution is -2.59. The van der Waals surface area contributed by atoms with Gasteiger partial charge in [-0.2, -0.15) is 0 Å². The zero-order chi connectivity index (χ0) is 14.3. The van der Waals surface area contributed by atoms with Gasteiger partial charge in [-0.05, 0) is 52.7 Å². The fourth-order valence-electron chi connectivity index (χ4n) is 3.18. The highest BCUT2D eigenvalue weighted by Gasteiger charge is 2.38. The van der Waals surface area contributed by atoms with Gasteiger partial charge in [-0.15, -0.1) is 0 Å². The minimum atomic E-state index is 0.330. The lowest BCUT2D eigenvalue weighted by atomic mass is 9.77. The number of hydrogen-bond donors (Lipinski definition) is 1. The lowest BCUT2D eigenvalue weighted by Gasteiger charge is -2.49. The number of rotatable bonds is 8. The van der Waals surface area contributed by atoms with Crippen molar-refractivity contribution in [2.75, 3.05) is 20.1 Å². The van der Waals surface area contributed by atoms with Gasteiger partial charge in [0, 0.05) is 11.6 Å². The number of hydrogen-bond acceptors (Lipinski definition) is 2. The fourth-order valence-corrected chi connectivity index (χ4v) is 3.18. The molecule has 2 nitrogen and oxygen atoms in total. The average Bonchev–Trinajstić information content (AvgIpc) is 2.38. The van der Waals surface area contributed by atoms with E-state index in [2.05, 4.69) is 45.0 Å². The Morgan fingerprint density at radius 2 is 1.74 bits per heavy atom. The molecule has 1 fully saturated rings. The van der Waals surface area contributed by atoms with Gasteiger partial charge in [0.25, 0.3) is 0 Å². The molecule has 2 atom stereocenters. The summed E-state index contributed by atoms with van der Waals surface area (Å²) in [7, 11) is 2.26. The minimum absolute atomic E-state index is 0.330. The molecule has 1 saturated heterocycles. The molecule has 2 unspecified atom stereocenters. The third-order valence-electron chi connectivity index (χ3n) is 5.41. The van der Waals surface area contributed by atoms with Crippen LogP contribution in [-0.2, 0) is 0 Å². The second-order valence-electron chi connectivity index (χ2n) is 6.98. The zero-order valence-corrected chi connectivity index (χ0v) is 14.0. The molecule has 0 radical (unpaired) electrons. The largest absolute Gasteiger partial charge is 0.314 e. The average molecular weight is 268 g/mol. The first-order valence-corrected chi connectivity index (χ1v) is 8.44. The van der Waals surface area contributed by atoms with E-state index in [0.717, 1.165) is 5.92 Å². The Balaban J connectivity index is 2.16. The van der Waals surface area contributed by atoms with Gasteiger partial charge in [0.2, 0.25) is 0 Å². The standard InChI is InChI=1S/C17H36N2/c1-6-7-8-9-10-11-13-18-16-12-14-19(5)17(3,4)15(16)2/h15-16,18H,6-14H2,1-5H3. The second kappa shape index (κ2) is 8.26. The summed E-state index contributed by atoms with van der Waals surface area (Å²) in [5, 5.41) is 3.81. The molecule has 2 heteroatoms. The van der Waals surface area contributed by atoms with Gasteiger partial charge >= 0.3 is 0 Å². The molecule has 0 aromatic carbocycles. The predicted octanol–water partition coefficient (Wildman–Crippen LogP) is 4.06. The molecular formula is C17H36N2. The van der Waals surface area contributed by atoms with Crippen molar-refractivity contribution < 1.29 is 0 Å². The van der Waals surface area contributed by atoms with E-state index in [-0.39, 0.29) is 0 Å². The maximum Gasteiger partial charge on any atom is 0.0190 e. The van der Waals surface area contributed by atoms with Gasteiger partial charge in [0.1, 0.15) is 0 Å². The number of likely N-dealkylation sites (tertiary alicyclic amines) is 1. The monoisotopic (exact) mass is 268 g/mol. The Labute approximate surface area is 121 Å². The lowest BCUT2D eigenvalue weighted by molar-refractivity contribution is 0.0297. The molecule has 0 spiro atoms. The van der Waals surface area contributed by atoms with Gasteiger partial charge in [0.05, 0.1) is 0 Å². The summed E-state index contributed by atoms with van der Waals surface area (Å²) in [6, 6.07) is 0.710. The van der Waals surface area contributed by atoms with E-state index in [1.807, 2.05) is 0 Å². The number of nitrogens with one attached hydrogen (secondary N) is 1. The molecule has 0 saturated carbocycles. The van der Waals surface area contributed by atoms with Crippen LogP contribution in [0, 0.1) is 5.92 Å². The van der Waals surface area contributed by atoms with E-state index in [0.29, 0.717) is 11.6 Å². The first-order chi connectivity index (χ1) is 9.00. The SMILES string of the molecule is CCCCCCCCNC1CCN(C)C(C)(C)C1C. The van der Waals surface area contributed by atoms with E-state index in [1.54, 1.807) is 0 Å². The van der Waals surface area contributed by atoms with Crippen molar-refractivity contribution in [3.05, 3.63) is 0 Å². The summed E-state index contributed by atoms with van der Waals surface area (Å²) >= 11 is 0. The van der Waals surface area contributed by atoms with Crippen LogP contribution in [0.25, 0.3) is 0 Å². The molecule has 1 aliphatic rings. The summed E-state index contributed by atoms with van der Waals surface area (Å²) in [5.41, 5.74) is 0.330. The van der Waals surface area contributed by atoms with E-state index in [9.17, 15) is 0 Å². The van der Waals surface area contributed by atoms with Crippen molar-refractivity contribution in [3.63, 3.8) is 0 Å². The third-order valence-corrected chi connectivity index (χ3v) is 5.41. The molecule has 0 bridgehead atoms. The number of piperidine rings is 1. The first-order valence-electron chi connectivity index (χ1n) is 8.44. The van der Waals surface area contributed by atoms with E-state index in [1.165, 1.54) is 58.0 Å². The van der Waals surface area contributed by atoms with Crippen LogP contribution >= 0.6 is 0 Å². The summed E-state index contributed by atoms with van der Waals surface area (Å²) in [6.07, 6.45) is 9.66. The smallest absolute Gasteiger partial charge is 0.0190 e. The normalized spacial score (nSPS) is 27.6. The van der Waals surface area contributed by atoms with Crippen molar-refractivity contribution >= 4 is 0 Å². The molecule has 0 aromatic heterocycles. The molecule has 19 heavy (non-hydrogen) atoms. The summed E-state index contributed by atoms with van der Waals surface area (Å²) in [6.45, 7) is 11.9. The summed E-state index contributed by atoms with van der Waals surface area (Å²) in [5.74, 6) is 0.728. The number of unbranched alkanes of at least 4 members (excludes halogenated alkanes) is 5. The van der Waals surface area contributed by atoms with Crippen LogP contribution < -0.4 is 5.32 Å². The van der Waals surface area contributed by atoms with Crippen LogP contribution in [0.15, 0.2) is 0 Å². The highest BCUT2D eigenvalue weighted by Crippen LogP contribution is 2.31. The Morgan fingerprint density at radius 3 is 2.42 bits per heavy atom. The molecule has 0 aliphatic carbocycles. The van der Waals surface area contributed by atoms with Crippen LogP contribution in [-0.4, -0.2) is 36.6 Å². The van der Waals surface area contributed by atoms with Crippen LogP contribution in [0.1, 0.15) is 72.6 Å². The molecular weight excluding hydrogens is 232 g/mol. The summed E-state index contributed by atoms with van der Waals surface area (Å²) in [4.78, 5) is 2.51. The Kier molecular flexibility index (Phi) is 7.38. The van der Waals surface area contributed by atoms with Crippen molar-refractivity contribution in [2.24, 2.45) is 5.92 Å². The molecule has 1 heterocycles. The molecule has 0 amide bonds. The fraction of sp³-hybridized carbons (Fsp3) is 1.00. The second-order valence-corrected chi connectivity index (χ2v) is 6.98. The Hall–Kier alpha value is -0.0800. The highest BCUT2D eigenvalue weighted by atomic mass is 15.2. The molecule has 114 valence electrons. The predicted molar refractivity (Wildman–Crippen MR) is 85.7 cm³/mol. The number of nitrogens with zero attached hydrogens (tertiary/aromatic N) is 1. The first kappa shape index (κ1) is 17.0. The van der Waals surface area contributed by atoms with Crippen molar-refractivity contribution in [2.45, 2.75) is 84.2 Å².